The molecule has 28 heavy (non-hydrogen) atoms. The average Bonchev–Trinajstić information content (AvgIpc) is 3.02. The number of aromatic nitrogens is 1. The maximum Gasteiger partial charge on any atom is 0.214 e. The number of nitrogens with zero attached hydrogens (tertiary/aromatic N) is 4. The summed E-state index contributed by atoms with van der Waals surface area (Å²) in [7, 11) is 4.05. The molecule has 0 aliphatic carbocycles. The van der Waals surface area contributed by atoms with Crippen LogP contribution in [0.25, 0.3) is 0 Å². The van der Waals surface area contributed by atoms with Crippen molar-refractivity contribution in [3.05, 3.63) is 17.3 Å². The molecule has 0 atom stereocenters. The third-order valence-electron chi connectivity index (χ3n) is 6.23. The first-order valence-corrected chi connectivity index (χ1v) is 10.3. The van der Waals surface area contributed by atoms with Crippen LogP contribution in [0, 0.1) is 13.8 Å². The van der Waals surface area contributed by atoms with Crippen LogP contribution in [0.5, 0.6) is 0 Å². The average molecular weight is 504 g/mol. The van der Waals surface area contributed by atoms with E-state index in [4.69, 9.17) is 4.42 Å². The lowest BCUT2D eigenvalue weighted by molar-refractivity contribution is 0.0173. The van der Waals surface area contributed by atoms with Crippen molar-refractivity contribution in [2.45, 2.75) is 58.0 Å². The first kappa shape index (κ1) is 23.4. The molecule has 2 N–H and O–H groups in total. The standard InChI is InChI=1S/C20H36N6O.HI/c1-16-17(2)27-18(24-16)14-22-19(21-3)23-15-20(8-12-25(4)13-9-20)26-10-6-5-7-11-26;/h5-15H2,1-4H3,(H2,21,22,23);1H. The lowest BCUT2D eigenvalue weighted by Gasteiger charge is -2.50. The fourth-order valence-electron chi connectivity index (χ4n) is 4.25. The Morgan fingerprint density at radius 3 is 2.36 bits per heavy atom. The highest BCUT2D eigenvalue weighted by atomic mass is 127. The molecule has 0 unspecified atom stereocenters. The number of rotatable bonds is 5. The largest absolute Gasteiger partial charge is 0.444 e. The van der Waals surface area contributed by atoms with Crippen LogP contribution in [0.2, 0.25) is 0 Å². The molecular weight excluding hydrogens is 467 g/mol. The normalized spacial score (nSPS) is 21.2. The van der Waals surface area contributed by atoms with Crippen LogP contribution in [0.3, 0.4) is 0 Å². The minimum Gasteiger partial charge on any atom is -0.444 e. The van der Waals surface area contributed by atoms with Gasteiger partial charge in [0.05, 0.1) is 12.2 Å². The zero-order valence-corrected chi connectivity index (χ0v) is 20.2. The number of hydrogen-bond donors (Lipinski definition) is 2. The molecule has 8 heteroatoms. The van der Waals surface area contributed by atoms with Crippen LogP contribution in [0.15, 0.2) is 9.41 Å². The minimum atomic E-state index is 0. The van der Waals surface area contributed by atoms with Gasteiger partial charge in [0.25, 0.3) is 0 Å². The summed E-state index contributed by atoms with van der Waals surface area (Å²) in [6.07, 6.45) is 6.45. The molecule has 2 saturated heterocycles. The van der Waals surface area contributed by atoms with Crippen molar-refractivity contribution in [1.82, 2.24) is 25.4 Å². The lowest BCUT2D eigenvalue weighted by Crippen LogP contribution is -2.62. The fraction of sp³-hybridized carbons (Fsp3) is 0.800. The van der Waals surface area contributed by atoms with Crippen LogP contribution < -0.4 is 10.6 Å². The molecule has 0 radical (unpaired) electrons. The Kier molecular flexibility index (Phi) is 9.01. The van der Waals surface area contributed by atoms with Gasteiger partial charge in [-0.05, 0) is 72.8 Å². The molecule has 0 amide bonds. The summed E-state index contributed by atoms with van der Waals surface area (Å²) in [5, 5.41) is 6.94. The topological polar surface area (TPSA) is 68.9 Å². The maximum atomic E-state index is 5.66. The summed E-state index contributed by atoms with van der Waals surface area (Å²) in [5.41, 5.74) is 1.19. The smallest absolute Gasteiger partial charge is 0.214 e. The molecule has 2 aliphatic rings. The number of aliphatic imine (C=N–C) groups is 1. The number of guanidine groups is 1. The van der Waals surface area contributed by atoms with Crippen LogP contribution in [0.1, 0.15) is 49.4 Å². The first-order valence-electron chi connectivity index (χ1n) is 10.3. The summed E-state index contributed by atoms with van der Waals surface area (Å²) in [5.74, 6) is 2.40. The zero-order chi connectivity index (χ0) is 19.3. The Morgan fingerprint density at radius 2 is 1.79 bits per heavy atom. The van der Waals surface area contributed by atoms with E-state index in [0.29, 0.717) is 12.4 Å². The first-order chi connectivity index (χ1) is 13.0. The molecular formula is C20H37IN6O. The number of oxazole rings is 1. The molecule has 0 aromatic carbocycles. The highest BCUT2D eigenvalue weighted by Crippen LogP contribution is 2.30. The number of piperidine rings is 2. The Hall–Kier alpha value is -0.870. The van der Waals surface area contributed by atoms with E-state index in [-0.39, 0.29) is 29.5 Å². The van der Waals surface area contributed by atoms with Crippen LogP contribution in [-0.2, 0) is 6.54 Å². The maximum absolute atomic E-state index is 5.66. The van der Waals surface area contributed by atoms with Gasteiger partial charge in [-0.2, -0.15) is 0 Å². The molecule has 1 aromatic heterocycles. The number of likely N-dealkylation sites (tertiary alicyclic amines) is 2. The van der Waals surface area contributed by atoms with Crippen molar-refractivity contribution in [3.63, 3.8) is 0 Å². The predicted molar refractivity (Wildman–Crippen MR) is 124 cm³/mol. The monoisotopic (exact) mass is 504 g/mol. The van der Waals surface area contributed by atoms with Crippen LogP contribution in [-0.4, -0.2) is 73.1 Å². The molecule has 1 aromatic rings. The summed E-state index contributed by atoms with van der Waals surface area (Å²) < 4.78 is 5.66. The van der Waals surface area contributed by atoms with E-state index in [1.54, 1.807) is 0 Å². The van der Waals surface area contributed by atoms with E-state index in [0.717, 1.165) is 24.0 Å². The van der Waals surface area contributed by atoms with Gasteiger partial charge in [0.2, 0.25) is 5.89 Å². The minimum absolute atomic E-state index is 0. The highest BCUT2D eigenvalue weighted by molar-refractivity contribution is 14.0. The van der Waals surface area contributed by atoms with Gasteiger partial charge in [0.15, 0.2) is 5.96 Å². The van der Waals surface area contributed by atoms with Crippen molar-refractivity contribution >= 4 is 29.9 Å². The number of halogens is 1. The summed E-state index contributed by atoms with van der Waals surface area (Å²) in [6, 6.07) is 0. The van der Waals surface area contributed by atoms with Gasteiger partial charge in [-0.15, -0.1) is 24.0 Å². The van der Waals surface area contributed by atoms with Crippen molar-refractivity contribution in [3.8, 4) is 0 Å². The van der Waals surface area contributed by atoms with Gasteiger partial charge < -0.3 is 20.0 Å². The van der Waals surface area contributed by atoms with E-state index in [2.05, 4.69) is 37.5 Å². The Morgan fingerprint density at radius 1 is 1.11 bits per heavy atom. The molecule has 7 nitrogen and oxygen atoms in total. The lowest BCUT2D eigenvalue weighted by atomic mass is 9.84. The van der Waals surface area contributed by atoms with Gasteiger partial charge in [0.1, 0.15) is 5.76 Å². The third kappa shape index (κ3) is 5.82. The van der Waals surface area contributed by atoms with Crippen molar-refractivity contribution in [2.75, 3.05) is 46.8 Å². The molecule has 2 fully saturated rings. The third-order valence-corrected chi connectivity index (χ3v) is 6.23. The van der Waals surface area contributed by atoms with E-state index in [1.807, 2.05) is 20.9 Å². The number of hydrogen-bond acceptors (Lipinski definition) is 5. The Bertz CT molecular complexity index is 613. The summed E-state index contributed by atoms with van der Waals surface area (Å²) in [6.45, 7) is 10.2. The molecule has 2 aliphatic heterocycles. The van der Waals surface area contributed by atoms with Crippen molar-refractivity contribution < 1.29 is 4.42 Å². The summed E-state index contributed by atoms with van der Waals surface area (Å²) >= 11 is 0. The molecule has 0 spiro atoms. The quantitative estimate of drug-likeness (QED) is 0.365. The molecule has 3 heterocycles. The van der Waals surface area contributed by atoms with Gasteiger partial charge >= 0.3 is 0 Å². The SMILES string of the molecule is CN=C(NCc1nc(C)c(C)o1)NCC1(N2CCCCC2)CCN(C)CC1.I. The molecule has 160 valence electrons. The summed E-state index contributed by atoms with van der Waals surface area (Å²) in [4.78, 5) is 14.0. The van der Waals surface area contributed by atoms with Crippen molar-refractivity contribution in [1.29, 1.82) is 0 Å². The van der Waals surface area contributed by atoms with Gasteiger partial charge in [-0.25, -0.2) is 4.98 Å². The molecule has 3 rings (SSSR count). The van der Waals surface area contributed by atoms with Gasteiger partial charge in [-0.1, -0.05) is 6.42 Å². The van der Waals surface area contributed by atoms with Gasteiger partial charge in [-0.3, -0.25) is 9.89 Å². The zero-order valence-electron chi connectivity index (χ0n) is 17.9. The molecule has 0 bridgehead atoms. The number of nitrogens with one attached hydrogen (secondary N) is 2. The van der Waals surface area contributed by atoms with Gasteiger partial charge in [0, 0.05) is 19.1 Å². The van der Waals surface area contributed by atoms with Crippen molar-refractivity contribution in [2.24, 2.45) is 4.99 Å². The predicted octanol–water partition coefficient (Wildman–Crippen LogP) is 2.52. The highest BCUT2D eigenvalue weighted by Gasteiger charge is 2.39. The van der Waals surface area contributed by atoms with E-state index >= 15 is 0 Å². The van der Waals surface area contributed by atoms with Crippen LogP contribution >= 0.6 is 24.0 Å². The van der Waals surface area contributed by atoms with E-state index in [1.165, 1.54) is 58.3 Å². The second kappa shape index (κ2) is 10.8. The van der Waals surface area contributed by atoms with Crippen LogP contribution in [0.4, 0.5) is 0 Å². The fourth-order valence-corrected chi connectivity index (χ4v) is 4.25. The number of aryl methyl sites for hydroxylation is 2. The van der Waals surface area contributed by atoms with E-state index in [9.17, 15) is 0 Å². The second-order valence-corrected chi connectivity index (χ2v) is 8.10. The molecule has 0 saturated carbocycles. The second-order valence-electron chi connectivity index (χ2n) is 8.10. The van der Waals surface area contributed by atoms with E-state index < -0.39 is 0 Å². The Labute approximate surface area is 186 Å². The Balaban J connectivity index is 0.00000280.